The van der Waals surface area contributed by atoms with E-state index in [0.717, 1.165) is 5.01 Å². The number of rotatable bonds is 4. The summed E-state index contributed by atoms with van der Waals surface area (Å²) in [5.41, 5.74) is 5.53. The van der Waals surface area contributed by atoms with E-state index >= 15 is 0 Å². The van der Waals surface area contributed by atoms with Crippen LogP contribution in [0.3, 0.4) is 0 Å². The summed E-state index contributed by atoms with van der Waals surface area (Å²) in [4.78, 5) is 15.8. The Balaban J connectivity index is 2.04. The second-order valence-electron chi connectivity index (χ2n) is 3.98. The third-order valence-electron chi connectivity index (χ3n) is 2.52. The molecule has 2 atom stereocenters. The standard InChI is InChI=1S/C10H15N3OS/c1-6(11)9(14)13-8(7-2-3-7)10-12-4-5-15-10/h4-8H,2-3,11H2,1H3,(H,13,14)/t6-,8+/m1/s1. The molecule has 1 amide bonds. The topological polar surface area (TPSA) is 68.0 Å². The van der Waals surface area contributed by atoms with Crippen LogP contribution in [0.5, 0.6) is 0 Å². The van der Waals surface area contributed by atoms with E-state index in [1.54, 1.807) is 24.5 Å². The Hall–Kier alpha value is -0.940. The molecule has 1 fully saturated rings. The van der Waals surface area contributed by atoms with Crippen LogP contribution in [0.4, 0.5) is 0 Å². The van der Waals surface area contributed by atoms with E-state index in [9.17, 15) is 4.79 Å². The molecule has 1 aromatic heterocycles. The molecule has 1 aromatic rings. The molecule has 1 aliphatic carbocycles. The van der Waals surface area contributed by atoms with Gasteiger partial charge in [-0.2, -0.15) is 0 Å². The fourth-order valence-electron chi connectivity index (χ4n) is 1.48. The first kappa shape index (κ1) is 10.6. The summed E-state index contributed by atoms with van der Waals surface area (Å²) in [6.07, 6.45) is 4.11. The number of amides is 1. The first-order valence-corrected chi connectivity index (χ1v) is 6.02. The normalized spacial score (nSPS) is 19.6. The van der Waals surface area contributed by atoms with Gasteiger partial charge in [0.15, 0.2) is 0 Å². The van der Waals surface area contributed by atoms with E-state index in [1.165, 1.54) is 12.8 Å². The Morgan fingerprint density at radius 2 is 2.47 bits per heavy atom. The van der Waals surface area contributed by atoms with Crippen molar-refractivity contribution in [2.45, 2.75) is 31.8 Å². The quantitative estimate of drug-likeness (QED) is 0.805. The highest BCUT2D eigenvalue weighted by atomic mass is 32.1. The van der Waals surface area contributed by atoms with Crippen LogP contribution in [-0.4, -0.2) is 16.9 Å². The van der Waals surface area contributed by atoms with Crippen molar-refractivity contribution < 1.29 is 4.79 Å². The maximum Gasteiger partial charge on any atom is 0.237 e. The highest BCUT2D eigenvalue weighted by Crippen LogP contribution is 2.41. The predicted molar refractivity (Wildman–Crippen MR) is 59.4 cm³/mol. The summed E-state index contributed by atoms with van der Waals surface area (Å²) >= 11 is 1.59. The molecule has 82 valence electrons. The average molecular weight is 225 g/mol. The number of hydrogen-bond donors (Lipinski definition) is 2. The summed E-state index contributed by atoms with van der Waals surface area (Å²) in [5.74, 6) is 0.459. The smallest absolute Gasteiger partial charge is 0.237 e. The highest BCUT2D eigenvalue weighted by molar-refractivity contribution is 7.09. The van der Waals surface area contributed by atoms with Crippen molar-refractivity contribution in [3.63, 3.8) is 0 Å². The zero-order valence-electron chi connectivity index (χ0n) is 8.64. The molecule has 2 rings (SSSR count). The molecular weight excluding hydrogens is 210 g/mol. The second kappa shape index (κ2) is 4.28. The average Bonchev–Trinajstić information content (AvgIpc) is 2.89. The van der Waals surface area contributed by atoms with Crippen molar-refractivity contribution in [1.82, 2.24) is 10.3 Å². The van der Waals surface area contributed by atoms with Gasteiger partial charge in [0.25, 0.3) is 0 Å². The minimum atomic E-state index is -0.453. The SMILES string of the molecule is C[C@@H](N)C(=O)N[C@H](c1nccs1)C1CC1. The van der Waals surface area contributed by atoms with Crippen molar-refractivity contribution in [3.05, 3.63) is 16.6 Å². The number of nitrogens with one attached hydrogen (secondary N) is 1. The number of thiazole rings is 1. The molecule has 0 saturated heterocycles. The molecule has 15 heavy (non-hydrogen) atoms. The summed E-state index contributed by atoms with van der Waals surface area (Å²) in [6, 6.07) is -0.380. The number of carbonyl (C=O) groups excluding carboxylic acids is 1. The summed E-state index contributed by atoms with van der Waals surface area (Å²) in [5, 5.41) is 5.89. The van der Waals surface area contributed by atoms with Crippen LogP contribution in [0.2, 0.25) is 0 Å². The fourth-order valence-corrected chi connectivity index (χ4v) is 2.26. The minimum Gasteiger partial charge on any atom is -0.345 e. The molecule has 3 N–H and O–H groups in total. The Bertz CT molecular complexity index is 332. The largest absolute Gasteiger partial charge is 0.345 e. The molecule has 4 nitrogen and oxygen atoms in total. The van der Waals surface area contributed by atoms with E-state index < -0.39 is 6.04 Å². The maximum atomic E-state index is 11.5. The van der Waals surface area contributed by atoms with Crippen LogP contribution in [0, 0.1) is 5.92 Å². The molecular formula is C10H15N3OS. The Morgan fingerprint density at radius 3 is 2.93 bits per heavy atom. The first-order valence-electron chi connectivity index (χ1n) is 5.14. The van der Waals surface area contributed by atoms with Gasteiger partial charge in [-0.05, 0) is 25.7 Å². The van der Waals surface area contributed by atoms with Crippen molar-refractivity contribution in [2.75, 3.05) is 0 Å². The third kappa shape index (κ3) is 2.54. The summed E-state index contributed by atoms with van der Waals surface area (Å²) < 4.78 is 0. The van der Waals surface area contributed by atoms with Crippen LogP contribution in [0.15, 0.2) is 11.6 Å². The van der Waals surface area contributed by atoms with Crippen molar-refractivity contribution in [2.24, 2.45) is 11.7 Å². The van der Waals surface area contributed by atoms with Crippen molar-refractivity contribution in [3.8, 4) is 0 Å². The van der Waals surface area contributed by atoms with Crippen LogP contribution in [0.25, 0.3) is 0 Å². The van der Waals surface area contributed by atoms with Crippen LogP contribution in [0.1, 0.15) is 30.8 Å². The van der Waals surface area contributed by atoms with E-state index in [-0.39, 0.29) is 11.9 Å². The van der Waals surface area contributed by atoms with Crippen molar-refractivity contribution >= 4 is 17.2 Å². The van der Waals surface area contributed by atoms with Crippen LogP contribution < -0.4 is 11.1 Å². The van der Waals surface area contributed by atoms with Gasteiger partial charge in [-0.3, -0.25) is 4.79 Å². The van der Waals surface area contributed by atoms with Gasteiger partial charge >= 0.3 is 0 Å². The molecule has 0 aliphatic heterocycles. The minimum absolute atomic E-state index is 0.0727. The molecule has 1 aliphatic rings. The lowest BCUT2D eigenvalue weighted by Gasteiger charge is -2.17. The number of nitrogens with zero attached hydrogens (tertiary/aromatic N) is 1. The lowest BCUT2D eigenvalue weighted by atomic mass is 10.2. The maximum absolute atomic E-state index is 11.5. The zero-order chi connectivity index (χ0) is 10.8. The van der Waals surface area contributed by atoms with Gasteiger partial charge in [-0.15, -0.1) is 11.3 Å². The van der Waals surface area contributed by atoms with Crippen LogP contribution in [-0.2, 0) is 4.79 Å². The van der Waals surface area contributed by atoms with Gasteiger partial charge in [0.05, 0.1) is 12.1 Å². The highest BCUT2D eigenvalue weighted by Gasteiger charge is 2.35. The van der Waals surface area contributed by atoms with E-state index in [4.69, 9.17) is 5.73 Å². The van der Waals surface area contributed by atoms with E-state index in [2.05, 4.69) is 10.3 Å². The van der Waals surface area contributed by atoms with Gasteiger partial charge in [0.2, 0.25) is 5.91 Å². The Kier molecular flexibility index (Phi) is 3.02. The molecule has 0 unspecified atom stereocenters. The number of aromatic nitrogens is 1. The predicted octanol–water partition coefficient (Wildman–Crippen LogP) is 1.06. The summed E-state index contributed by atoms with van der Waals surface area (Å²) in [6.45, 7) is 1.70. The molecule has 1 saturated carbocycles. The molecule has 0 radical (unpaired) electrons. The van der Waals surface area contributed by atoms with E-state index in [1.807, 2.05) is 5.38 Å². The van der Waals surface area contributed by atoms with Gasteiger partial charge in [0, 0.05) is 11.6 Å². The zero-order valence-corrected chi connectivity index (χ0v) is 9.46. The molecule has 0 aromatic carbocycles. The Labute approximate surface area is 92.9 Å². The molecule has 1 heterocycles. The van der Waals surface area contributed by atoms with E-state index in [0.29, 0.717) is 5.92 Å². The fraction of sp³-hybridized carbons (Fsp3) is 0.600. The summed E-state index contributed by atoms with van der Waals surface area (Å²) in [7, 11) is 0. The first-order chi connectivity index (χ1) is 7.18. The monoisotopic (exact) mass is 225 g/mol. The molecule has 0 spiro atoms. The lowest BCUT2D eigenvalue weighted by molar-refractivity contribution is -0.122. The Morgan fingerprint density at radius 1 is 1.73 bits per heavy atom. The second-order valence-corrected chi connectivity index (χ2v) is 4.91. The van der Waals surface area contributed by atoms with Crippen LogP contribution >= 0.6 is 11.3 Å². The number of nitrogens with two attached hydrogens (primary N) is 1. The number of carbonyl (C=O) groups is 1. The van der Waals surface area contributed by atoms with Crippen molar-refractivity contribution in [1.29, 1.82) is 0 Å². The van der Waals surface area contributed by atoms with Gasteiger partial charge < -0.3 is 11.1 Å². The van der Waals surface area contributed by atoms with Gasteiger partial charge in [-0.1, -0.05) is 0 Å². The lowest BCUT2D eigenvalue weighted by Crippen LogP contribution is -2.40. The molecule has 0 bridgehead atoms. The third-order valence-corrected chi connectivity index (χ3v) is 3.38. The number of hydrogen-bond acceptors (Lipinski definition) is 4. The molecule has 5 heteroatoms. The van der Waals surface area contributed by atoms with Gasteiger partial charge in [0.1, 0.15) is 5.01 Å². The van der Waals surface area contributed by atoms with Gasteiger partial charge in [-0.25, -0.2) is 4.98 Å².